The zero-order valence-corrected chi connectivity index (χ0v) is 6.86. The van der Waals surface area contributed by atoms with Gasteiger partial charge in [-0.2, -0.15) is 4.99 Å². The zero-order chi connectivity index (χ0) is 9.23. The maximum absolute atomic E-state index is 9.67. The fraction of sp³-hybridized carbons (Fsp3) is 0.500. The van der Waals surface area contributed by atoms with E-state index in [1.807, 2.05) is 6.92 Å². The molecule has 0 aliphatic rings. The lowest BCUT2D eigenvalue weighted by Crippen LogP contribution is -1.91. The van der Waals surface area contributed by atoms with Gasteiger partial charge in [0.05, 0.1) is 6.54 Å². The molecule has 0 heterocycles. The minimum Gasteiger partial charge on any atom is -0.211 e. The highest BCUT2D eigenvalue weighted by Gasteiger charge is 1.94. The van der Waals surface area contributed by atoms with Gasteiger partial charge < -0.3 is 0 Å². The molecule has 0 bridgehead atoms. The van der Waals surface area contributed by atoms with Gasteiger partial charge in [0.1, 0.15) is 0 Å². The number of aliphatic imine (C=N–C) groups is 2. The summed E-state index contributed by atoms with van der Waals surface area (Å²) in [6.07, 6.45) is 6.74. The molecule has 0 N–H and O–H groups in total. The molecule has 0 rings (SSSR count). The third kappa shape index (κ3) is 6.62. The summed E-state index contributed by atoms with van der Waals surface area (Å²) in [6.45, 7) is 2.40. The standard InChI is InChI=1S/C8H10N2O2/c1-8(2-4-9-6-11)3-5-10-7-12/h2,4,8H,3,5H2,1H3/b4-2+. The third-order valence-electron chi connectivity index (χ3n) is 1.30. The van der Waals surface area contributed by atoms with Crippen LogP contribution in [-0.2, 0) is 9.59 Å². The van der Waals surface area contributed by atoms with Gasteiger partial charge in [-0.3, -0.25) is 0 Å². The first-order valence-electron chi connectivity index (χ1n) is 3.58. The molecule has 0 aromatic rings. The van der Waals surface area contributed by atoms with Crippen LogP contribution < -0.4 is 0 Å². The molecule has 12 heavy (non-hydrogen) atoms. The van der Waals surface area contributed by atoms with Crippen molar-refractivity contribution in [2.75, 3.05) is 6.54 Å². The van der Waals surface area contributed by atoms with Crippen LogP contribution in [0.2, 0.25) is 0 Å². The summed E-state index contributed by atoms with van der Waals surface area (Å²) >= 11 is 0. The third-order valence-corrected chi connectivity index (χ3v) is 1.30. The van der Waals surface area contributed by atoms with Gasteiger partial charge in [-0.25, -0.2) is 14.6 Å². The Kier molecular flexibility index (Phi) is 6.65. The number of hydrogen-bond donors (Lipinski definition) is 0. The van der Waals surface area contributed by atoms with Crippen molar-refractivity contribution >= 4 is 12.2 Å². The molecule has 4 heteroatoms. The zero-order valence-electron chi connectivity index (χ0n) is 6.86. The molecule has 64 valence electrons. The molecule has 0 aliphatic heterocycles. The molecule has 0 fully saturated rings. The number of carbonyl (C=O) groups excluding carboxylic acids is 2. The highest BCUT2D eigenvalue weighted by molar-refractivity contribution is 5.34. The van der Waals surface area contributed by atoms with E-state index in [0.29, 0.717) is 6.54 Å². The number of isocyanates is 2. The summed E-state index contributed by atoms with van der Waals surface area (Å²) in [4.78, 5) is 25.9. The first-order valence-corrected chi connectivity index (χ1v) is 3.58. The molecule has 0 aliphatic carbocycles. The highest BCUT2D eigenvalue weighted by Crippen LogP contribution is 2.02. The summed E-state index contributed by atoms with van der Waals surface area (Å²) in [7, 11) is 0. The van der Waals surface area contributed by atoms with Crippen molar-refractivity contribution in [3.05, 3.63) is 12.3 Å². The van der Waals surface area contributed by atoms with Gasteiger partial charge in [-0.1, -0.05) is 13.0 Å². The van der Waals surface area contributed by atoms with E-state index in [2.05, 4.69) is 9.98 Å². The van der Waals surface area contributed by atoms with Crippen LogP contribution in [0.25, 0.3) is 0 Å². The Balaban J connectivity index is 3.64. The van der Waals surface area contributed by atoms with Crippen LogP contribution in [0.1, 0.15) is 13.3 Å². The second-order valence-electron chi connectivity index (χ2n) is 2.30. The number of hydrogen-bond acceptors (Lipinski definition) is 4. The van der Waals surface area contributed by atoms with E-state index in [4.69, 9.17) is 0 Å². The van der Waals surface area contributed by atoms with Crippen molar-refractivity contribution in [3.63, 3.8) is 0 Å². The maximum Gasteiger partial charge on any atom is 0.239 e. The largest absolute Gasteiger partial charge is 0.239 e. The molecule has 1 atom stereocenters. The molecular weight excluding hydrogens is 156 g/mol. The van der Waals surface area contributed by atoms with E-state index in [0.717, 1.165) is 6.42 Å². The van der Waals surface area contributed by atoms with E-state index in [-0.39, 0.29) is 5.92 Å². The van der Waals surface area contributed by atoms with Crippen LogP contribution in [0.3, 0.4) is 0 Å². The molecule has 0 spiro atoms. The van der Waals surface area contributed by atoms with Crippen LogP contribution in [0, 0.1) is 5.92 Å². The first kappa shape index (κ1) is 10.5. The lowest BCUT2D eigenvalue weighted by Gasteiger charge is -1.99. The highest BCUT2D eigenvalue weighted by atomic mass is 16.1. The molecule has 1 unspecified atom stereocenters. The number of nitrogens with zero attached hydrogens (tertiary/aromatic N) is 2. The molecule has 0 aromatic heterocycles. The summed E-state index contributed by atoms with van der Waals surface area (Å²) in [6, 6.07) is 0. The van der Waals surface area contributed by atoms with E-state index in [9.17, 15) is 9.59 Å². The quantitative estimate of drug-likeness (QED) is 0.455. The van der Waals surface area contributed by atoms with Crippen molar-refractivity contribution in [2.24, 2.45) is 15.9 Å². The lowest BCUT2D eigenvalue weighted by atomic mass is 10.1. The van der Waals surface area contributed by atoms with Crippen LogP contribution >= 0.6 is 0 Å². The normalized spacial score (nSPS) is 11.8. The van der Waals surface area contributed by atoms with Crippen LogP contribution in [0.4, 0.5) is 0 Å². The van der Waals surface area contributed by atoms with Crippen LogP contribution in [0.5, 0.6) is 0 Å². The van der Waals surface area contributed by atoms with Crippen LogP contribution in [0.15, 0.2) is 22.3 Å². The molecular formula is C8H10N2O2. The van der Waals surface area contributed by atoms with E-state index < -0.39 is 0 Å². The number of allylic oxidation sites excluding steroid dienone is 1. The summed E-state index contributed by atoms with van der Waals surface area (Å²) < 4.78 is 0. The predicted octanol–water partition coefficient (Wildman–Crippen LogP) is 1.20. The second-order valence-corrected chi connectivity index (χ2v) is 2.30. The Bertz CT molecular complexity index is 235. The summed E-state index contributed by atoms with van der Waals surface area (Å²) in [5.41, 5.74) is 0. The van der Waals surface area contributed by atoms with Crippen molar-refractivity contribution in [3.8, 4) is 0 Å². The van der Waals surface area contributed by atoms with Gasteiger partial charge in [0, 0.05) is 6.20 Å². The summed E-state index contributed by atoms with van der Waals surface area (Å²) in [5, 5.41) is 0. The Hall–Kier alpha value is -1.50. The molecule has 0 saturated heterocycles. The Morgan fingerprint density at radius 3 is 2.75 bits per heavy atom. The van der Waals surface area contributed by atoms with Gasteiger partial charge in [0.15, 0.2) is 0 Å². The Morgan fingerprint density at radius 1 is 1.42 bits per heavy atom. The van der Waals surface area contributed by atoms with Crippen molar-refractivity contribution in [1.82, 2.24) is 0 Å². The SMILES string of the molecule is CC(/C=C/N=C=O)CCN=C=O. The molecule has 0 saturated carbocycles. The maximum atomic E-state index is 9.67. The van der Waals surface area contributed by atoms with Crippen molar-refractivity contribution < 1.29 is 9.59 Å². The topological polar surface area (TPSA) is 58.9 Å². The van der Waals surface area contributed by atoms with E-state index in [1.165, 1.54) is 18.4 Å². The Labute approximate surface area is 70.7 Å². The molecule has 0 amide bonds. The van der Waals surface area contributed by atoms with E-state index in [1.54, 1.807) is 6.08 Å². The second kappa shape index (κ2) is 7.61. The average Bonchev–Trinajstić information content (AvgIpc) is 2.06. The fourth-order valence-electron chi connectivity index (χ4n) is 0.630. The van der Waals surface area contributed by atoms with Gasteiger partial charge >= 0.3 is 0 Å². The molecule has 4 nitrogen and oxygen atoms in total. The molecule has 0 aromatic carbocycles. The lowest BCUT2D eigenvalue weighted by molar-refractivity contribution is 0.560. The van der Waals surface area contributed by atoms with Crippen molar-refractivity contribution in [1.29, 1.82) is 0 Å². The van der Waals surface area contributed by atoms with Gasteiger partial charge in [-0.15, -0.1) is 0 Å². The van der Waals surface area contributed by atoms with Gasteiger partial charge in [-0.05, 0) is 12.3 Å². The monoisotopic (exact) mass is 166 g/mol. The van der Waals surface area contributed by atoms with Crippen molar-refractivity contribution in [2.45, 2.75) is 13.3 Å². The molecule has 0 radical (unpaired) electrons. The summed E-state index contributed by atoms with van der Waals surface area (Å²) in [5.74, 6) is 0.249. The van der Waals surface area contributed by atoms with Gasteiger partial charge in [0.2, 0.25) is 12.2 Å². The minimum atomic E-state index is 0.249. The fourth-order valence-corrected chi connectivity index (χ4v) is 0.630. The minimum absolute atomic E-state index is 0.249. The van der Waals surface area contributed by atoms with E-state index >= 15 is 0 Å². The smallest absolute Gasteiger partial charge is 0.211 e. The van der Waals surface area contributed by atoms with Gasteiger partial charge in [0.25, 0.3) is 0 Å². The first-order chi connectivity index (χ1) is 5.81. The predicted molar refractivity (Wildman–Crippen MR) is 44.0 cm³/mol. The van der Waals surface area contributed by atoms with Crippen LogP contribution in [-0.4, -0.2) is 18.7 Å². The average molecular weight is 166 g/mol. The Morgan fingerprint density at radius 2 is 2.17 bits per heavy atom. The number of rotatable bonds is 5.